The average molecular weight is 327 g/mol. The van der Waals surface area contributed by atoms with Gasteiger partial charge in [0.05, 0.1) is 12.1 Å². The summed E-state index contributed by atoms with van der Waals surface area (Å²) in [6.07, 6.45) is 0. The molecule has 112 valence electrons. The number of aryl methyl sites for hydroxylation is 1. The number of halogens is 2. The summed E-state index contributed by atoms with van der Waals surface area (Å²) < 4.78 is 16.5. The molecule has 0 atom stereocenters. The van der Waals surface area contributed by atoms with Crippen LogP contribution >= 0.6 is 23.2 Å². The molecule has 2 aromatic rings. The van der Waals surface area contributed by atoms with Gasteiger partial charge in [0, 0.05) is 0 Å². The molecule has 0 aromatic heterocycles. The van der Waals surface area contributed by atoms with Gasteiger partial charge in [0.15, 0.2) is 11.5 Å². The zero-order valence-electron chi connectivity index (χ0n) is 11.9. The molecule has 2 rings (SSSR count). The third kappa shape index (κ3) is 4.19. The third-order valence-electron chi connectivity index (χ3n) is 2.83. The Labute approximate surface area is 134 Å². The predicted octanol–water partition coefficient (Wildman–Crippen LogP) is 4.77. The quantitative estimate of drug-likeness (QED) is 0.716. The average Bonchev–Trinajstić information content (AvgIpc) is 2.48. The standard InChI is InChI=1S/C16H16Cl2O3/c1-11-6-7-13(15(10-11)19-2)20-8-9-21-14-5-3-4-12(17)16(14)18/h3-7,10H,8-9H2,1-2H3. The van der Waals surface area contributed by atoms with Crippen molar-refractivity contribution in [2.24, 2.45) is 0 Å². The molecule has 0 N–H and O–H groups in total. The van der Waals surface area contributed by atoms with Gasteiger partial charge in [-0.15, -0.1) is 0 Å². The summed E-state index contributed by atoms with van der Waals surface area (Å²) in [5, 5.41) is 0.877. The number of benzene rings is 2. The molecule has 0 aliphatic carbocycles. The van der Waals surface area contributed by atoms with Crippen LogP contribution in [0.4, 0.5) is 0 Å². The van der Waals surface area contributed by atoms with Crippen molar-refractivity contribution in [1.29, 1.82) is 0 Å². The number of hydrogen-bond donors (Lipinski definition) is 0. The molecular weight excluding hydrogens is 311 g/mol. The molecule has 0 amide bonds. The smallest absolute Gasteiger partial charge is 0.161 e. The van der Waals surface area contributed by atoms with Crippen molar-refractivity contribution < 1.29 is 14.2 Å². The lowest BCUT2D eigenvalue weighted by Crippen LogP contribution is -2.09. The van der Waals surface area contributed by atoms with Gasteiger partial charge in [0.25, 0.3) is 0 Å². The highest BCUT2D eigenvalue weighted by atomic mass is 35.5. The highest BCUT2D eigenvalue weighted by Gasteiger charge is 2.07. The molecule has 3 nitrogen and oxygen atoms in total. The molecule has 0 fully saturated rings. The van der Waals surface area contributed by atoms with Crippen molar-refractivity contribution >= 4 is 23.2 Å². The van der Waals surface area contributed by atoms with Gasteiger partial charge in [0.2, 0.25) is 0 Å². The molecule has 0 saturated carbocycles. The summed E-state index contributed by atoms with van der Waals surface area (Å²) in [5.41, 5.74) is 1.11. The van der Waals surface area contributed by atoms with E-state index in [1.165, 1.54) is 0 Å². The van der Waals surface area contributed by atoms with Crippen LogP contribution in [0.5, 0.6) is 17.2 Å². The highest BCUT2D eigenvalue weighted by molar-refractivity contribution is 6.42. The number of methoxy groups -OCH3 is 1. The Balaban J connectivity index is 1.89. The van der Waals surface area contributed by atoms with Gasteiger partial charge in [-0.2, -0.15) is 0 Å². The van der Waals surface area contributed by atoms with Gasteiger partial charge in [-0.3, -0.25) is 0 Å². The Hall–Kier alpha value is -1.58. The van der Waals surface area contributed by atoms with Crippen molar-refractivity contribution in [3.63, 3.8) is 0 Å². The first kappa shape index (κ1) is 15.8. The molecule has 0 saturated heterocycles. The molecule has 0 heterocycles. The fourth-order valence-electron chi connectivity index (χ4n) is 1.79. The maximum atomic E-state index is 6.04. The minimum Gasteiger partial charge on any atom is -0.493 e. The molecule has 0 bridgehead atoms. The van der Waals surface area contributed by atoms with E-state index in [1.807, 2.05) is 25.1 Å². The fraction of sp³-hybridized carbons (Fsp3) is 0.250. The van der Waals surface area contributed by atoms with Gasteiger partial charge in [-0.25, -0.2) is 0 Å². The zero-order chi connectivity index (χ0) is 15.2. The molecule has 21 heavy (non-hydrogen) atoms. The summed E-state index contributed by atoms with van der Waals surface area (Å²) in [7, 11) is 1.61. The van der Waals surface area contributed by atoms with Gasteiger partial charge >= 0.3 is 0 Å². The first-order chi connectivity index (χ1) is 10.1. The topological polar surface area (TPSA) is 27.7 Å². The summed E-state index contributed by atoms with van der Waals surface area (Å²) in [5.74, 6) is 1.93. The molecular formula is C16H16Cl2O3. The normalized spacial score (nSPS) is 10.3. The number of ether oxygens (including phenoxy) is 3. The van der Waals surface area contributed by atoms with Crippen LogP contribution in [0, 0.1) is 6.92 Å². The zero-order valence-corrected chi connectivity index (χ0v) is 13.4. The predicted molar refractivity (Wildman–Crippen MR) is 85.2 cm³/mol. The Morgan fingerprint density at radius 1 is 0.905 bits per heavy atom. The molecule has 5 heteroatoms. The summed E-state index contributed by atoms with van der Waals surface area (Å²) in [6.45, 7) is 2.73. The Bertz CT molecular complexity index is 614. The van der Waals surface area contributed by atoms with E-state index in [0.717, 1.165) is 5.56 Å². The van der Waals surface area contributed by atoms with E-state index in [1.54, 1.807) is 25.3 Å². The van der Waals surface area contributed by atoms with E-state index in [9.17, 15) is 0 Å². The lowest BCUT2D eigenvalue weighted by Gasteiger charge is -2.12. The fourth-order valence-corrected chi connectivity index (χ4v) is 2.14. The second-order valence-corrected chi connectivity index (χ2v) is 5.19. The van der Waals surface area contributed by atoms with Crippen LogP contribution in [0.3, 0.4) is 0 Å². The molecule has 0 aliphatic rings. The van der Waals surface area contributed by atoms with E-state index in [-0.39, 0.29) is 0 Å². The van der Waals surface area contributed by atoms with Crippen LogP contribution in [0.2, 0.25) is 10.0 Å². The monoisotopic (exact) mass is 326 g/mol. The summed E-state index contributed by atoms with van der Waals surface area (Å²) >= 11 is 12.0. The largest absolute Gasteiger partial charge is 0.493 e. The SMILES string of the molecule is COc1cc(C)ccc1OCCOc1cccc(Cl)c1Cl. The van der Waals surface area contributed by atoms with E-state index in [2.05, 4.69) is 0 Å². The van der Waals surface area contributed by atoms with Crippen molar-refractivity contribution in [3.8, 4) is 17.2 Å². The lowest BCUT2D eigenvalue weighted by atomic mass is 10.2. The molecule has 0 radical (unpaired) electrons. The van der Waals surface area contributed by atoms with Crippen LogP contribution in [0.25, 0.3) is 0 Å². The third-order valence-corrected chi connectivity index (χ3v) is 3.64. The Morgan fingerprint density at radius 3 is 2.33 bits per heavy atom. The van der Waals surface area contributed by atoms with Crippen molar-refractivity contribution in [3.05, 3.63) is 52.0 Å². The van der Waals surface area contributed by atoms with Crippen LogP contribution in [-0.4, -0.2) is 20.3 Å². The van der Waals surface area contributed by atoms with Crippen LogP contribution < -0.4 is 14.2 Å². The van der Waals surface area contributed by atoms with Gasteiger partial charge < -0.3 is 14.2 Å². The van der Waals surface area contributed by atoms with Crippen LogP contribution in [-0.2, 0) is 0 Å². The number of hydrogen-bond acceptors (Lipinski definition) is 3. The Morgan fingerprint density at radius 2 is 1.62 bits per heavy atom. The van der Waals surface area contributed by atoms with E-state index < -0.39 is 0 Å². The van der Waals surface area contributed by atoms with Crippen molar-refractivity contribution in [2.45, 2.75) is 6.92 Å². The van der Waals surface area contributed by atoms with Gasteiger partial charge in [-0.1, -0.05) is 35.3 Å². The summed E-state index contributed by atoms with van der Waals surface area (Å²) in [4.78, 5) is 0. The number of rotatable bonds is 6. The lowest BCUT2D eigenvalue weighted by molar-refractivity contribution is 0.211. The second-order valence-electron chi connectivity index (χ2n) is 4.40. The summed E-state index contributed by atoms with van der Waals surface area (Å²) in [6, 6.07) is 11.0. The van der Waals surface area contributed by atoms with Crippen molar-refractivity contribution in [2.75, 3.05) is 20.3 Å². The van der Waals surface area contributed by atoms with E-state index in [4.69, 9.17) is 37.4 Å². The van der Waals surface area contributed by atoms with Crippen LogP contribution in [0.15, 0.2) is 36.4 Å². The minimum absolute atomic E-state index is 0.358. The molecule has 2 aromatic carbocycles. The first-order valence-corrected chi connectivity index (χ1v) is 7.21. The second kappa shape index (κ2) is 7.43. The van der Waals surface area contributed by atoms with Gasteiger partial charge in [-0.05, 0) is 36.8 Å². The first-order valence-electron chi connectivity index (χ1n) is 6.46. The van der Waals surface area contributed by atoms with Crippen LogP contribution in [0.1, 0.15) is 5.56 Å². The highest BCUT2D eigenvalue weighted by Crippen LogP contribution is 2.31. The van der Waals surface area contributed by atoms with Gasteiger partial charge in [0.1, 0.15) is 24.0 Å². The Kier molecular flexibility index (Phi) is 5.59. The maximum Gasteiger partial charge on any atom is 0.161 e. The molecule has 0 aliphatic heterocycles. The maximum absolute atomic E-state index is 6.04. The van der Waals surface area contributed by atoms with E-state index in [0.29, 0.717) is 40.5 Å². The molecule has 0 spiro atoms. The van der Waals surface area contributed by atoms with Crippen molar-refractivity contribution in [1.82, 2.24) is 0 Å². The van der Waals surface area contributed by atoms with E-state index >= 15 is 0 Å². The molecule has 0 unspecified atom stereocenters. The minimum atomic E-state index is 0.358.